The van der Waals surface area contributed by atoms with E-state index in [1.54, 1.807) is 0 Å². The second kappa shape index (κ2) is 17.7. The highest BCUT2D eigenvalue weighted by molar-refractivity contribution is 5.89. The molecule has 0 aromatic carbocycles. The van der Waals surface area contributed by atoms with Crippen molar-refractivity contribution in [1.82, 2.24) is 0 Å². The normalized spacial score (nSPS) is 17.8. The number of hydrogen-bond acceptors (Lipinski definition) is 7. The van der Waals surface area contributed by atoms with Crippen LogP contribution in [0.3, 0.4) is 0 Å². The first-order valence-electron chi connectivity index (χ1n) is 11.7. The Morgan fingerprint density at radius 3 is 2.00 bits per heavy atom. The molecule has 0 radical (unpaired) electrons. The summed E-state index contributed by atoms with van der Waals surface area (Å²) in [6.45, 7) is 1.77. The molecule has 1 unspecified atom stereocenters. The number of esters is 2. The van der Waals surface area contributed by atoms with Gasteiger partial charge in [0.15, 0.2) is 11.9 Å². The van der Waals surface area contributed by atoms with Gasteiger partial charge in [-0.1, -0.05) is 68.4 Å². The van der Waals surface area contributed by atoms with E-state index in [2.05, 4.69) is 48.1 Å². The third-order valence-corrected chi connectivity index (χ3v) is 4.91. The molecule has 3 N–H and O–H groups in total. The summed E-state index contributed by atoms with van der Waals surface area (Å²) in [7, 11) is 0. The molecule has 1 rings (SSSR count). The van der Waals surface area contributed by atoms with Gasteiger partial charge in [-0.15, -0.1) is 0 Å². The van der Waals surface area contributed by atoms with Crippen LogP contribution in [0.5, 0.6) is 0 Å². The lowest BCUT2D eigenvalue weighted by molar-refractivity contribution is -0.154. The largest absolute Gasteiger partial charge is 0.505 e. The molecule has 0 bridgehead atoms. The molecule has 0 saturated heterocycles. The molecule has 0 saturated carbocycles. The highest BCUT2D eigenvalue weighted by Crippen LogP contribution is 2.21. The Morgan fingerprint density at radius 1 is 0.939 bits per heavy atom. The molecule has 33 heavy (non-hydrogen) atoms. The van der Waals surface area contributed by atoms with Gasteiger partial charge in [-0.2, -0.15) is 0 Å². The van der Waals surface area contributed by atoms with Gasteiger partial charge in [-0.05, 0) is 44.9 Å². The molecule has 0 fully saturated rings. The summed E-state index contributed by atoms with van der Waals surface area (Å²) < 4.78 is 9.52. The van der Waals surface area contributed by atoms with E-state index < -0.39 is 42.3 Å². The smallest absolute Gasteiger partial charge is 0.377 e. The lowest BCUT2D eigenvalue weighted by Crippen LogP contribution is -2.33. The van der Waals surface area contributed by atoms with Crippen LogP contribution in [0.2, 0.25) is 0 Å². The average Bonchev–Trinajstić information content (AvgIpc) is 3.06. The second-order valence-corrected chi connectivity index (χ2v) is 7.79. The number of rotatable bonds is 17. The van der Waals surface area contributed by atoms with Gasteiger partial charge in [0.25, 0.3) is 0 Å². The summed E-state index contributed by atoms with van der Waals surface area (Å²) in [5.74, 6) is -3.32. The summed E-state index contributed by atoms with van der Waals surface area (Å²) >= 11 is 0. The van der Waals surface area contributed by atoms with Gasteiger partial charge in [-0.3, -0.25) is 4.79 Å². The molecule has 1 heterocycles. The number of carbonyl (C=O) groups is 2. The third kappa shape index (κ3) is 12.7. The van der Waals surface area contributed by atoms with Crippen LogP contribution in [0.4, 0.5) is 0 Å². The molecule has 0 aromatic rings. The minimum atomic E-state index is -1.45. The number of hydrogen-bond donors (Lipinski definition) is 3. The van der Waals surface area contributed by atoms with Gasteiger partial charge < -0.3 is 24.8 Å². The Balaban J connectivity index is 2.02. The Labute approximate surface area is 196 Å². The highest BCUT2D eigenvalue weighted by atomic mass is 16.6. The molecular formula is C26H38O7. The number of aliphatic hydroxyl groups is 3. The number of aliphatic hydroxyl groups excluding tert-OH is 3. The summed E-state index contributed by atoms with van der Waals surface area (Å²) in [5.41, 5.74) is 0. The first-order valence-corrected chi connectivity index (χ1v) is 11.7. The van der Waals surface area contributed by atoms with Crippen molar-refractivity contribution in [1.29, 1.82) is 0 Å². The highest BCUT2D eigenvalue weighted by Gasteiger charge is 2.39. The monoisotopic (exact) mass is 462 g/mol. The summed E-state index contributed by atoms with van der Waals surface area (Å²) in [4.78, 5) is 22.8. The van der Waals surface area contributed by atoms with Crippen molar-refractivity contribution in [2.75, 3.05) is 6.61 Å². The van der Waals surface area contributed by atoms with E-state index in [0.717, 1.165) is 25.7 Å². The molecule has 0 aromatic heterocycles. The predicted molar refractivity (Wildman–Crippen MR) is 128 cm³/mol. The van der Waals surface area contributed by atoms with Gasteiger partial charge in [0.1, 0.15) is 12.7 Å². The maximum Gasteiger partial charge on any atom is 0.377 e. The van der Waals surface area contributed by atoms with Crippen LogP contribution in [0, 0.1) is 0 Å². The molecule has 0 spiro atoms. The van der Waals surface area contributed by atoms with E-state index in [4.69, 9.17) is 4.74 Å². The van der Waals surface area contributed by atoms with Gasteiger partial charge in [0.2, 0.25) is 5.76 Å². The van der Waals surface area contributed by atoms with Crippen molar-refractivity contribution in [3.05, 3.63) is 60.1 Å². The van der Waals surface area contributed by atoms with Crippen molar-refractivity contribution in [2.45, 2.75) is 83.3 Å². The number of ether oxygens (including phenoxy) is 2. The van der Waals surface area contributed by atoms with E-state index in [0.29, 0.717) is 6.42 Å². The Bertz CT molecular complexity index is 731. The molecule has 7 heteroatoms. The lowest BCUT2D eigenvalue weighted by atomic mass is 10.2. The summed E-state index contributed by atoms with van der Waals surface area (Å²) in [6, 6.07) is 0. The van der Waals surface area contributed by atoms with Gasteiger partial charge >= 0.3 is 11.9 Å². The van der Waals surface area contributed by atoms with E-state index >= 15 is 0 Å². The number of unbranched alkanes of at least 4 members (excludes halogenated alkanes) is 4. The Hall–Kier alpha value is -2.80. The first kappa shape index (κ1) is 28.2. The zero-order valence-corrected chi connectivity index (χ0v) is 19.5. The first-order chi connectivity index (χ1) is 16.0. The van der Waals surface area contributed by atoms with Crippen LogP contribution >= 0.6 is 0 Å². The molecule has 1 aliphatic heterocycles. The van der Waals surface area contributed by atoms with Crippen molar-refractivity contribution in [3.8, 4) is 0 Å². The van der Waals surface area contributed by atoms with Gasteiger partial charge in [0, 0.05) is 6.42 Å². The minimum absolute atomic E-state index is 0.183. The van der Waals surface area contributed by atoms with Crippen molar-refractivity contribution in [3.63, 3.8) is 0 Å². The number of carbonyl (C=O) groups excluding carboxylic acids is 2. The molecule has 2 atom stereocenters. The van der Waals surface area contributed by atoms with Crippen molar-refractivity contribution in [2.24, 2.45) is 0 Å². The quantitative estimate of drug-likeness (QED) is 0.153. The van der Waals surface area contributed by atoms with Crippen LogP contribution in [0.15, 0.2) is 60.1 Å². The lowest BCUT2D eigenvalue weighted by Gasteiger charge is -2.17. The SMILES string of the molecule is CCCCC/C=C/C/C=C/C/C=C/C/C=C/CCCC(=O)OCC(O)[C@H]1OC(=O)C(O)=C1O. The molecule has 184 valence electrons. The van der Waals surface area contributed by atoms with Gasteiger partial charge in [0.05, 0.1) is 0 Å². The fourth-order valence-corrected chi connectivity index (χ4v) is 2.99. The number of cyclic esters (lactones) is 1. The van der Waals surface area contributed by atoms with E-state index in [9.17, 15) is 24.9 Å². The van der Waals surface area contributed by atoms with Crippen molar-refractivity contribution >= 4 is 11.9 Å². The van der Waals surface area contributed by atoms with Crippen LogP contribution < -0.4 is 0 Å². The molecular weight excluding hydrogens is 424 g/mol. The predicted octanol–water partition coefficient (Wildman–Crippen LogP) is 5.29. The van der Waals surface area contributed by atoms with Crippen LogP contribution in [-0.4, -0.2) is 46.1 Å². The number of allylic oxidation sites excluding steroid dienone is 8. The molecule has 7 nitrogen and oxygen atoms in total. The Kier molecular flexibility index (Phi) is 15.2. The summed E-state index contributed by atoms with van der Waals surface area (Å²) in [6.07, 6.45) is 23.5. The topological polar surface area (TPSA) is 113 Å². The van der Waals surface area contributed by atoms with Crippen molar-refractivity contribution < 1.29 is 34.4 Å². The van der Waals surface area contributed by atoms with E-state index in [1.165, 1.54) is 25.7 Å². The van der Waals surface area contributed by atoms with Gasteiger partial charge in [-0.25, -0.2) is 4.79 Å². The average molecular weight is 463 g/mol. The standard InChI is InChI=1S/C26H38O7/c1-2-3-4-5-6-7-8-9-10-11-12-13-14-15-16-17-18-19-22(28)32-20-21(27)25-23(29)24(30)26(31)33-25/h6-7,9-10,12-13,15-16,21,25,27,29-30H,2-5,8,11,14,17-20H2,1H3/b7-6+,10-9+,13-12+,16-15+/t21?,25-/m1/s1. The summed E-state index contributed by atoms with van der Waals surface area (Å²) in [5, 5.41) is 28.5. The fraction of sp³-hybridized carbons (Fsp3) is 0.538. The maximum atomic E-state index is 11.7. The van der Waals surface area contributed by atoms with E-state index in [-0.39, 0.29) is 6.42 Å². The third-order valence-electron chi connectivity index (χ3n) is 4.91. The van der Waals surface area contributed by atoms with Crippen LogP contribution in [0.1, 0.15) is 71.1 Å². The molecule has 0 aliphatic carbocycles. The molecule has 1 aliphatic rings. The fourth-order valence-electron chi connectivity index (χ4n) is 2.99. The minimum Gasteiger partial charge on any atom is -0.505 e. The van der Waals surface area contributed by atoms with E-state index in [1.807, 2.05) is 12.2 Å². The molecule has 0 amide bonds. The van der Waals surface area contributed by atoms with Crippen LogP contribution in [0.25, 0.3) is 0 Å². The zero-order chi connectivity index (χ0) is 24.3. The zero-order valence-electron chi connectivity index (χ0n) is 19.5. The maximum absolute atomic E-state index is 11.7. The van der Waals surface area contributed by atoms with Crippen LogP contribution in [-0.2, 0) is 19.1 Å². The Morgan fingerprint density at radius 2 is 1.48 bits per heavy atom. The second-order valence-electron chi connectivity index (χ2n) is 7.79.